The van der Waals surface area contributed by atoms with Crippen molar-refractivity contribution in [2.24, 2.45) is 0 Å². The van der Waals surface area contributed by atoms with E-state index < -0.39 is 0 Å². The molecule has 0 bridgehead atoms. The summed E-state index contributed by atoms with van der Waals surface area (Å²) in [5, 5.41) is 0. The van der Waals surface area contributed by atoms with E-state index in [0.717, 1.165) is 54.2 Å². The van der Waals surface area contributed by atoms with Crippen molar-refractivity contribution in [2.45, 2.75) is 38.1 Å². The summed E-state index contributed by atoms with van der Waals surface area (Å²) in [6.07, 6.45) is 3.70. The van der Waals surface area contributed by atoms with Gasteiger partial charge in [-0.05, 0) is 55.7 Å². The Labute approximate surface area is 187 Å². The number of methoxy groups -OCH3 is 1. The Morgan fingerprint density at radius 2 is 1.81 bits per heavy atom. The summed E-state index contributed by atoms with van der Waals surface area (Å²) in [5.41, 5.74) is 2.66. The predicted octanol–water partition coefficient (Wildman–Crippen LogP) is 3.58. The number of likely N-dealkylation sites (tertiary alicyclic amines) is 1. The van der Waals surface area contributed by atoms with E-state index in [1.807, 2.05) is 58.0 Å². The molecule has 0 radical (unpaired) electrons. The van der Waals surface area contributed by atoms with Gasteiger partial charge in [-0.2, -0.15) is 0 Å². The second-order valence-electron chi connectivity index (χ2n) is 8.59. The molecule has 166 valence electrons. The minimum Gasteiger partial charge on any atom is -0.497 e. The number of ether oxygens (including phenoxy) is 1. The molecule has 2 saturated heterocycles. The first-order valence-corrected chi connectivity index (χ1v) is 11.3. The third-order valence-corrected chi connectivity index (χ3v) is 6.56. The van der Waals surface area contributed by atoms with Gasteiger partial charge in [-0.1, -0.05) is 12.1 Å². The molecule has 0 unspecified atom stereocenters. The lowest BCUT2D eigenvalue weighted by atomic mass is 10.1. The normalized spacial score (nSPS) is 19.0. The van der Waals surface area contributed by atoms with E-state index in [0.29, 0.717) is 13.0 Å². The van der Waals surface area contributed by atoms with Crippen molar-refractivity contribution >= 4 is 28.5 Å². The largest absolute Gasteiger partial charge is 0.497 e. The van der Waals surface area contributed by atoms with Gasteiger partial charge in [-0.3, -0.25) is 9.59 Å². The molecule has 5 rings (SSSR count). The van der Waals surface area contributed by atoms with E-state index in [-0.39, 0.29) is 24.3 Å². The fourth-order valence-electron chi connectivity index (χ4n) is 4.84. The van der Waals surface area contributed by atoms with Crippen LogP contribution in [0.1, 0.15) is 37.4 Å². The number of aromatic nitrogens is 2. The van der Waals surface area contributed by atoms with Crippen LogP contribution in [-0.4, -0.2) is 53.0 Å². The fourth-order valence-corrected chi connectivity index (χ4v) is 4.84. The standard InChI is InChI=1S/C25H28N4O3/c1-32-20-11-9-19(10-12-20)28-16-18(15-23(28)30)25-26-21-7-3-4-8-22(21)29(25)17-24(31)27-13-5-2-6-14-27/h3-4,7-12,18H,2,5-6,13-17H2,1H3/t18-/m1/s1. The maximum absolute atomic E-state index is 13.1. The first kappa shape index (κ1) is 20.5. The summed E-state index contributed by atoms with van der Waals surface area (Å²) in [4.78, 5) is 34.6. The van der Waals surface area contributed by atoms with E-state index in [4.69, 9.17) is 9.72 Å². The highest BCUT2D eigenvalue weighted by molar-refractivity contribution is 5.96. The number of hydrogen-bond acceptors (Lipinski definition) is 4. The van der Waals surface area contributed by atoms with Crippen LogP contribution in [0.5, 0.6) is 5.75 Å². The van der Waals surface area contributed by atoms with Gasteiger partial charge in [0.25, 0.3) is 0 Å². The lowest BCUT2D eigenvalue weighted by Crippen LogP contribution is -2.38. The molecule has 1 aromatic heterocycles. The molecule has 2 aromatic carbocycles. The van der Waals surface area contributed by atoms with Gasteiger partial charge >= 0.3 is 0 Å². The molecule has 2 fully saturated rings. The van der Waals surface area contributed by atoms with Crippen molar-refractivity contribution in [1.29, 1.82) is 0 Å². The van der Waals surface area contributed by atoms with Gasteiger partial charge in [0.05, 0.1) is 18.1 Å². The van der Waals surface area contributed by atoms with Gasteiger partial charge in [-0.15, -0.1) is 0 Å². The summed E-state index contributed by atoms with van der Waals surface area (Å²) in [6.45, 7) is 2.47. The molecule has 7 nitrogen and oxygen atoms in total. The van der Waals surface area contributed by atoms with Crippen molar-refractivity contribution < 1.29 is 14.3 Å². The minimum absolute atomic E-state index is 0.0637. The van der Waals surface area contributed by atoms with Crippen LogP contribution in [0, 0.1) is 0 Å². The minimum atomic E-state index is -0.0637. The maximum Gasteiger partial charge on any atom is 0.242 e. The summed E-state index contributed by atoms with van der Waals surface area (Å²) < 4.78 is 7.26. The van der Waals surface area contributed by atoms with Crippen LogP contribution in [0.3, 0.4) is 0 Å². The summed E-state index contributed by atoms with van der Waals surface area (Å²) in [7, 11) is 1.63. The second-order valence-corrected chi connectivity index (χ2v) is 8.59. The molecule has 3 aromatic rings. The monoisotopic (exact) mass is 432 g/mol. The SMILES string of the molecule is COc1ccc(N2C[C@H](c3nc4ccccc4n3CC(=O)N3CCCCC3)CC2=O)cc1. The lowest BCUT2D eigenvalue weighted by molar-refractivity contribution is -0.132. The van der Waals surface area contributed by atoms with Crippen LogP contribution in [0.25, 0.3) is 11.0 Å². The van der Waals surface area contributed by atoms with E-state index in [1.165, 1.54) is 6.42 Å². The van der Waals surface area contributed by atoms with E-state index in [2.05, 4.69) is 0 Å². The first-order chi connectivity index (χ1) is 15.6. The number of hydrogen-bond donors (Lipinski definition) is 0. The molecule has 0 N–H and O–H groups in total. The van der Waals surface area contributed by atoms with Gasteiger partial charge in [0.1, 0.15) is 18.1 Å². The molecular formula is C25H28N4O3. The van der Waals surface area contributed by atoms with Crippen molar-refractivity contribution in [3.8, 4) is 5.75 Å². The maximum atomic E-state index is 13.1. The van der Waals surface area contributed by atoms with Gasteiger partial charge in [0.2, 0.25) is 11.8 Å². The average molecular weight is 433 g/mol. The number of carbonyl (C=O) groups is 2. The summed E-state index contributed by atoms with van der Waals surface area (Å²) >= 11 is 0. The Morgan fingerprint density at radius 3 is 2.56 bits per heavy atom. The van der Waals surface area contributed by atoms with Gasteiger partial charge < -0.3 is 19.1 Å². The number of piperidine rings is 1. The third-order valence-electron chi connectivity index (χ3n) is 6.56. The van der Waals surface area contributed by atoms with E-state index in [1.54, 1.807) is 12.0 Å². The Hall–Kier alpha value is -3.35. The summed E-state index contributed by atoms with van der Waals surface area (Å²) in [5.74, 6) is 1.72. The topological polar surface area (TPSA) is 67.7 Å². The smallest absolute Gasteiger partial charge is 0.242 e. The highest BCUT2D eigenvalue weighted by atomic mass is 16.5. The number of anilines is 1. The molecule has 0 aliphatic carbocycles. The molecule has 7 heteroatoms. The molecule has 1 atom stereocenters. The molecule has 32 heavy (non-hydrogen) atoms. The van der Waals surface area contributed by atoms with Crippen LogP contribution < -0.4 is 9.64 Å². The van der Waals surface area contributed by atoms with Crippen molar-refractivity contribution in [3.63, 3.8) is 0 Å². The number of imidazole rings is 1. The molecular weight excluding hydrogens is 404 g/mol. The van der Waals surface area contributed by atoms with Gasteiger partial charge in [0, 0.05) is 37.7 Å². The molecule has 2 aliphatic rings. The fraction of sp³-hybridized carbons (Fsp3) is 0.400. The third kappa shape index (κ3) is 3.83. The number of para-hydroxylation sites is 2. The zero-order valence-corrected chi connectivity index (χ0v) is 18.4. The molecule has 0 saturated carbocycles. The number of amides is 2. The zero-order valence-electron chi connectivity index (χ0n) is 18.4. The number of fused-ring (bicyclic) bond motifs is 1. The highest BCUT2D eigenvalue weighted by Crippen LogP contribution is 2.34. The number of rotatable bonds is 5. The Balaban J connectivity index is 1.43. The van der Waals surface area contributed by atoms with Crippen molar-refractivity contribution in [3.05, 3.63) is 54.4 Å². The average Bonchev–Trinajstić information content (AvgIpc) is 3.40. The van der Waals surface area contributed by atoms with Crippen LogP contribution in [-0.2, 0) is 16.1 Å². The predicted molar refractivity (Wildman–Crippen MR) is 123 cm³/mol. The van der Waals surface area contributed by atoms with Crippen LogP contribution in [0.2, 0.25) is 0 Å². The quantitative estimate of drug-likeness (QED) is 0.618. The second kappa shape index (κ2) is 8.65. The van der Waals surface area contributed by atoms with Gasteiger partial charge in [-0.25, -0.2) is 4.98 Å². The van der Waals surface area contributed by atoms with E-state index >= 15 is 0 Å². The van der Waals surface area contributed by atoms with Crippen molar-refractivity contribution in [2.75, 3.05) is 31.6 Å². The molecule has 0 spiro atoms. The molecule has 2 aliphatic heterocycles. The number of benzene rings is 2. The Morgan fingerprint density at radius 1 is 1.06 bits per heavy atom. The Bertz CT molecular complexity index is 1130. The van der Waals surface area contributed by atoms with Crippen LogP contribution in [0.15, 0.2) is 48.5 Å². The summed E-state index contributed by atoms with van der Waals surface area (Å²) in [6, 6.07) is 15.4. The molecule has 2 amide bonds. The number of carbonyl (C=O) groups excluding carboxylic acids is 2. The first-order valence-electron chi connectivity index (χ1n) is 11.3. The van der Waals surface area contributed by atoms with Crippen LogP contribution >= 0.6 is 0 Å². The lowest BCUT2D eigenvalue weighted by Gasteiger charge is -2.27. The van der Waals surface area contributed by atoms with Gasteiger partial charge in [0.15, 0.2) is 0 Å². The Kier molecular flexibility index (Phi) is 5.55. The highest BCUT2D eigenvalue weighted by Gasteiger charge is 2.35. The van der Waals surface area contributed by atoms with E-state index in [9.17, 15) is 9.59 Å². The number of nitrogens with zero attached hydrogens (tertiary/aromatic N) is 4. The van der Waals surface area contributed by atoms with Crippen molar-refractivity contribution in [1.82, 2.24) is 14.5 Å². The zero-order chi connectivity index (χ0) is 22.1. The molecule has 3 heterocycles. The van der Waals surface area contributed by atoms with Crippen LogP contribution in [0.4, 0.5) is 5.69 Å².